The highest BCUT2D eigenvalue weighted by Gasteiger charge is 2.13. The molecule has 0 saturated heterocycles. The van der Waals surface area contributed by atoms with Gasteiger partial charge in [-0.1, -0.05) is 78.9 Å². The van der Waals surface area contributed by atoms with E-state index in [9.17, 15) is 4.79 Å². The monoisotopic (exact) mass is 462 g/mol. The molecule has 0 aliphatic heterocycles. The van der Waals surface area contributed by atoms with Crippen LogP contribution in [-0.2, 0) is 19.5 Å². The Bertz CT molecular complexity index is 1460. The van der Waals surface area contributed by atoms with Gasteiger partial charge in [0.15, 0.2) is 0 Å². The van der Waals surface area contributed by atoms with Gasteiger partial charge in [0.05, 0.1) is 18.8 Å². The highest BCUT2D eigenvalue weighted by Crippen LogP contribution is 2.26. The second kappa shape index (κ2) is 10.2. The van der Waals surface area contributed by atoms with Gasteiger partial charge in [0.1, 0.15) is 6.33 Å². The summed E-state index contributed by atoms with van der Waals surface area (Å²) in [7, 11) is 0. The number of rotatable bonds is 9. The van der Waals surface area contributed by atoms with E-state index in [-0.39, 0.29) is 5.69 Å². The number of nitrogens with zero attached hydrogens (tertiary/aromatic N) is 6. The first-order valence-corrected chi connectivity index (χ1v) is 11.6. The van der Waals surface area contributed by atoms with Crippen LogP contribution in [0, 0.1) is 0 Å². The van der Waals surface area contributed by atoms with E-state index in [1.807, 2.05) is 71.4 Å². The van der Waals surface area contributed by atoms with E-state index in [1.54, 1.807) is 15.6 Å². The van der Waals surface area contributed by atoms with Crippen molar-refractivity contribution in [2.45, 2.75) is 25.9 Å². The Morgan fingerprint density at radius 1 is 0.857 bits per heavy atom. The number of benzene rings is 3. The minimum atomic E-state index is 0.000944. The van der Waals surface area contributed by atoms with Crippen LogP contribution in [0.25, 0.3) is 16.8 Å². The lowest BCUT2D eigenvalue weighted by Gasteiger charge is -2.11. The topological polar surface area (TPSA) is 70.5 Å². The molecule has 5 rings (SSSR count). The van der Waals surface area contributed by atoms with Gasteiger partial charge in [-0.2, -0.15) is 4.68 Å². The predicted octanol–water partition coefficient (Wildman–Crippen LogP) is 4.51. The summed E-state index contributed by atoms with van der Waals surface area (Å²) in [5, 5.41) is 11.5. The summed E-state index contributed by atoms with van der Waals surface area (Å²) in [6.07, 6.45) is 7.06. The van der Waals surface area contributed by atoms with Crippen LogP contribution in [0.4, 0.5) is 0 Å². The summed E-state index contributed by atoms with van der Waals surface area (Å²) in [5.74, 6) is 0. The van der Waals surface area contributed by atoms with Crippen LogP contribution < -0.4 is 5.69 Å². The summed E-state index contributed by atoms with van der Waals surface area (Å²) in [4.78, 5) is 13.3. The second-order valence-corrected chi connectivity index (χ2v) is 8.40. The smallest absolute Gasteiger partial charge is 0.295 e. The van der Waals surface area contributed by atoms with E-state index in [0.717, 1.165) is 46.5 Å². The first-order chi connectivity index (χ1) is 17.2. The van der Waals surface area contributed by atoms with Crippen molar-refractivity contribution in [3.63, 3.8) is 0 Å². The number of allylic oxidation sites excluding steroid dienone is 1. The lowest BCUT2D eigenvalue weighted by molar-refractivity contribution is 0.667. The van der Waals surface area contributed by atoms with E-state index >= 15 is 0 Å². The number of aryl methyl sites for hydroxylation is 1. The number of tetrazole rings is 1. The molecule has 0 fully saturated rings. The molecule has 0 radical (unpaired) electrons. The highest BCUT2D eigenvalue weighted by molar-refractivity contribution is 5.72. The SMILES string of the molecule is C=CCCc1cn(Cc2ccccc2)c(=O)n1Cc1ccc(-c2ccccc2-n2cnnn2)cc1. The summed E-state index contributed by atoms with van der Waals surface area (Å²) in [6, 6.07) is 26.4. The molecule has 0 atom stereocenters. The van der Waals surface area contributed by atoms with Crippen molar-refractivity contribution < 1.29 is 0 Å². The standard InChI is InChI=1S/C28H26N6O/c1-2-3-11-25-20-32(18-22-9-5-4-6-10-22)28(35)33(25)19-23-14-16-24(17-15-23)26-12-7-8-13-27(26)34-21-29-30-31-34/h2,4-10,12-17,20-21H,1,3,11,18-19H2. The molecule has 0 unspecified atom stereocenters. The molecule has 0 aliphatic carbocycles. The van der Waals surface area contributed by atoms with Crippen molar-refractivity contribution in [1.82, 2.24) is 29.3 Å². The van der Waals surface area contributed by atoms with Gasteiger partial charge in [-0.15, -0.1) is 11.7 Å². The Morgan fingerprint density at radius 3 is 2.34 bits per heavy atom. The van der Waals surface area contributed by atoms with Crippen LogP contribution in [0.3, 0.4) is 0 Å². The van der Waals surface area contributed by atoms with Crippen molar-refractivity contribution in [2.24, 2.45) is 0 Å². The third-order valence-corrected chi connectivity index (χ3v) is 6.03. The maximum atomic E-state index is 13.3. The molecule has 0 spiro atoms. The molecule has 7 nitrogen and oxygen atoms in total. The fourth-order valence-electron chi connectivity index (χ4n) is 4.26. The fourth-order valence-corrected chi connectivity index (χ4v) is 4.26. The van der Waals surface area contributed by atoms with E-state index in [0.29, 0.717) is 13.1 Å². The third kappa shape index (κ3) is 4.89. The number of imidazole rings is 1. The maximum Gasteiger partial charge on any atom is 0.328 e. The zero-order valence-corrected chi connectivity index (χ0v) is 19.4. The average molecular weight is 463 g/mol. The van der Waals surface area contributed by atoms with Gasteiger partial charge in [-0.25, -0.2) is 4.79 Å². The Hall–Kier alpha value is -4.52. The Morgan fingerprint density at radius 2 is 1.60 bits per heavy atom. The number of hydrogen-bond donors (Lipinski definition) is 0. The van der Waals surface area contributed by atoms with Crippen LogP contribution in [0.5, 0.6) is 0 Å². The van der Waals surface area contributed by atoms with Gasteiger partial charge < -0.3 is 0 Å². The molecule has 0 saturated carbocycles. The van der Waals surface area contributed by atoms with Crippen molar-refractivity contribution in [2.75, 3.05) is 0 Å². The largest absolute Gasteiger partial charge is 0.328 e. The molecule has 3 aromatic carbocycles. The van der Waals surface area contributed by atoms with Gasteiger partial charge in [0.25, 0.3) is 0 Å². The van der Waals surface area contributed by atoms with E-state index in [2.05, 4.69) is 46.4 Å². The van der Waals surface area contributed by atoms with Crippen molar-refractivity contribution in [3.8, 4) is 16.8 Å². The summed E-state index contributed by atoms with van der Waals surface area (Å²) < 4.78 is 5.32. The van der Waals surface area contributed by atoms with Crippen molar-refractivity contribution in [3.05, 3.63) is 131 Å². The van der Waals surface area contributed by atoms with Crippen LogP contribution in [-0.4, -0.2) is 29.3 Å². The molecule has 7 heteroatoms. The quantitative estimate of drug-likeness (QED) is 0.302. The molecule has 5 aromatic rings. The third-order valence-electron chi connectivity index (χ3n) is 6.03. The Labute approximate surface area is 203 Å². The normalized spacial score (nSPS) is 11.0. The lowest BCUT2D eigenvalue weighted by Crippen LogP contribution is -2.26. The van der Waals surface area contributed by atoms with E-state index < -0.39 is 0 Å². The molecule has 0 N–H and O–H groups in total. The molecule has 174 valence electrons. The summed E-state index contributed by atoms with van der Waals surface area (Å²) in [5.41, 5.74) is 6.18. The van der Waals surface area contributed by atoms with Crippen LogP contribution in [0.1, 0.15) is 23.2 Å². The van der Waals surface area contributed by atoms with Gasteiger partial charge in [0, 0.05) is 17.5 Å². The Balaban J connectivity index is 1.43. The number of para-hydroxylation sites is 1. The van der Waals surface area contributed by atoms with Crippen LogP contribution in [0.2, 0.25) is 0 Å². The first kappa shape index (κ1) is 22.3. The van der Waals surface area contributed by atoms with Crippen molar-refractivity contribution >= 4 is 0 Å². The molecule has 0 amide bonds. The lowest BCUT2D eigenvalue weighted by atomic mass is 10.0. The van der Waals surface area contributed by atoms with Crippen molar-refractivity contribution in [1.29, 1.82) is 0 Å². The average Bonchev–Trinajstić information content (AvgIpc) is 3.54. The van der Waals surface area contributed by atoms with Gasteiger partial charge in [0.2, 0.25) is 0 Å². The number of aromatic nitrogens is 6. The zero-order chi connectivity index (χ0) is 24.0. The maximum absolute atomic E-state index is 13.3. The molecule has 0 bridgehead atoms. The predicted molar refractivity (Wildman–Crippen MR) is 136 cm³/mol. The van der Waals surface area contributed by atoms with Crippen LogP contribution >= 0.6 is 0 Å². The first-order valence-electron chi connectivity index (χ1n) is 11.6. The minimum absolute atomic E-state index is 0.000944. The van der Waals surface area contributed by atoms with Crippen LogP contribution in [0.15, 0.2) is 109 Å². The fraction of sp³-hybridized carbons (Fsp3) is 0.143. The highest BCUT2D eigenvalue weighted by atomic mass is 16.1. The summed E-state index contributed by atoms with van der Waals surface area (Å²) >= 11 is 0. The molecular formula is C28H26N6O. The zero-order valence-electron chi connectivity index (χ0n) is 19.4. The molecule has 0 aliphatic rings. The molecule has 2 aromatic heterocycles. The summed E-state index contributed by atoms with van der Waals surface area (Å²) in [6.45, 7) is 4.91. The molecule has 35 heavy (non-hydrogen) atoms. The second-order valence-electron chi connectivity index (χ2n) is 8.40. The molecular weight excluding hydrogens is 436 g/mol. The minimum Gasteiger partial charge on any atom is -0.295 e. The van der Waals surface area contributed by atoms with Gasteiger partial charge >= 0.3 is 5.69 Å². The van der Waals surface area contributed by atoms with Gasteiger partial charge in [-0.3, -0.25) is 9.13 Å². The number of hydrogen-bond acceptors (Lipinski definition) is 4. The van der Waals surface area contributed by atoms with E-state index in [1.165, 1.54) is 0 Å². The van der Waals surface area contributed by atoms with E-state index in [4.69, 9.17) is 0 Å². The van der Waals surface area contributed by atoms with Gasteiger partial charge in [-0.05, 0) is 46.0 Å². The molecule has 2 heterocycles. The Kier molecular flexibility index (Phi) is 6.48.